The van der Waals surface area contributed by atoms with Gasteiger partial charge >= 0.3 is 16.4 Å². The predicted octanol–water partition coefficient (Wildman–Crippen LogP) is 1.71. The van der Waals surface area contributed by atoms with E-state index in [1.807, 2.05) is 4.72 Å². The highest BCUT2D eigenvalue weighted by Crippen LogP contribution is 2.23. The van der Waals surface area contributed by atoms with Crippen LogP contribution in [0.25, 0.3) is 0 Å². The molecule has 16 heavy (non-hydrogen) atoms. The minimum atomic E-state index is -4.60. The van der Waals surface area contributed by atoms with E-state index in [2.05, 4.69) is 20.9 Å². The zero-order valence-corrected chi connectivity index (χ0v) is 10.6. The molecule has 0 saturated heterocycles. The average molecular weight is 340 g/mol. The van der Waals surface area contributed by atoms with Gasteiger partial charge in [-0.1, -0.05) is 11.3 Å². The lowest BCUT2D eigenvalue weighted by Gasteiger charge is -2.08. The van der Waals surface area contributed by atoms with Crippen molar-refractivity contribution in [1.82, 2.24) is 9.71 Å². The molecule has 0 atom stereocenters. The molecule has 0 bridgehead atoms. The molecule has 1 heterocycles. The maximum Gasteiger partial charge on any atom is 0.402 e. The maximum absolute atomic E-state index is 11.8. The summed E-state index contributed by atoms with van der Waals surface area (Å²) in [5.74, 6) is 0. The maximum atomic E-state index is 11.8. The van der Waals surface area contributed by atoms with E-state index in [1.54, 1.807) is 0 Å². The summed E-state index contributed by atoms with van der Waals surface area (Å²) in [5.41, 5.74) is 0. The van der Waals surface area contributed by atoms with Crippen molar-refractivity contribution in [1.29, 1.82) is 0 Å². The van der Waals surface area contributed by atoms with E-state index in [9.17, 15) is 21.6 Å². The van der Waals surface area contributed by atoms with Gasteiger partial charge in [-0.25, -0.2) is 9.71 Å². The third-order valence-corrected chi connectivity index (χ3v) is 3.67. The summed E-state index contributed by atoms with van der Waals surface area (Å²) in [6.07, 6.45) is -3.27. The van der Waals surface area contributed by atoms with Gasteiger partial charge in [0, 0.05) is 0 Å². The van der Waals surface area contributed by atoms with Gasteiger partial charge in [0.1, 0.15) is 6.54 Å². The van der Waals surface area contributed by atoms with Crippen LogP contribution in [-0.4, -0.2) is 26.1 Å². The third kappa shape index (κ3) is 5.09. The molecule has 1 aromatic rings. The van der Waals surface area contributed by atoms with E-state index in [1.165, 1.54) is 10.9 Å². The smallest absolute Gasteiger partial charge is 0.246 e. The molecule has 0 aliphatic heterocycles. The summed E-state index contributed by atoms with van der Waals surface area (Å²) in [7, 11) is -4.25. The van der Waals surface area contributed by atoms with Crippen molar-refractivity contribution in [2.24, 2.45) is 0 Å². The van der Waals surface area contributed by atoms with E-state index in [0.29, 0.717) is 3.79 Å². The normalized spacial score (nSPS) is 12.8. The first-order valence-corrected chi connectivity index (χ1v) is 6.73. The summed E-state index contributed by atoms with van der Waals surface area (Å²) in [6, 6.07) is 0. The number of hydrogen-bond acceptors (Lipinski definition) is 4. The highest BCUT2D eigenvalue weighted by Gasteiger charge is 2.29. The van der Waals surface area contributed by atoms with Gasteiger partial charge in [0.25, 0.3) is 0 Å². The van der Waals surface area contributed by atoms with Crippen molar-refractivity contribution < 1.29 is 21.6 Å². The lowest BCUT2D eigenvalue weighted by atomic mass is 10.7. The van der Waals surface area contributed by atoms with E-state index < -0.39 is 22.9 Å². The molecule has 0 aliphatic carbocycles. The number of nitrogens with zero attached hydrogens (tertiary/aromatic N) is 1. The second-order valence-corrected chi connectivity index (χ2v) is 6.42. The lowest BCUT2D eigenvalue weighted by molar-refractivity contribution is -0.121. The first kappa shape index (κ1) is 13.7. The summed E-state index contributed by atoms with van der Waals surface area (Å²) in [6.45, 7) is -1.63. The number of halogens is 4. The minimum absolute atomic E-state index is 0.0263. The van der Waals surface area contributed by atoms with Crippen molar-refractivity contribution in [3.05, 3.63) is 9.98 Å². The predicted molar refractivity (Wildman–Crippen MR) is 56.4 cm³/mol. The Labute approximate surface area is 101 Å². The van der Waals surface area contributed by atoms with Crippen LogP contribution < -0.4 is 9.44 Å². The number of alkyl halides is 3. The average Bonchev–Trinajstić information content (AvgIpc) is 2.46. The Morgan fingerprint density at radius 2 is 2.12 bits per heavy atom. The van der Waals surface area contributed by atoms with Crippen molar-refractivity contribution in [3.8, 4) is 0 Å². The molecule has 1 aromatic heterocycles. The van der Waals surface area contributed by atoms with Gasteiger partial charge in [0.15, 0.2) is 5.13 Å². The van der Waals surface area contributed by atoms with Crippen LogP contribution in [0.1, 0.15) is 0 Å². The monoisotopic (exact) mass is 339 g/mol. The van der Waals surface area contributed by atoms with Gasteiger partial charge in [-0.05, 0) is 15.9 Å². The summed E-state index contributed by atoms with van der Waals surface area (Å²) < 4.78 is 61.2. The molecular weight excluding hydrogens is 335 g/mol. The molecule has 2 N–H and O–H groups in total. The molecule has 0 unspecified atom stereocenters. The molecule has 0 fully saturated rings. The van der Waals surface area contributed by atoms with Crippen molar-refractivity contribution >= 4 is 42.6 Å². The molecular formula is C5H5BrF3N3O2S2. The third-order valence-electron chi connectivity index (χ3n) is 1.16. The van der Waals surface area contributed by atoms with E-state index in [4.69, 9.17) is 0 Å². The first-order chi connectivity index (χ1) is 7.18. The van der Waals surface area contributed by atoms with Crippen molar-refractivity contribution in [2.45, 2.75) is 6.18 Å². The Morgan fingerprint density at radius 1 is 1.50 bits per heavy atom. The fraction of sp³-hybridized carbons (Fsp3) is 0.400. The molecule has 0 aliphatic rings. The Hall–Kier alpha value is -0.390. The van der Waals surface area contributed by atoms with Crippen LogP contribution in [0.4, 0.5) is 18.3 Å². The Bertz CT molecular complexity index is 458. The molecule has 0 aromatic carbocycles. The van der Waals surface area contributed by atoms with Crippen LogP contribution >= 0.6 is 27.3 Å². The van der Waals surface area contributed by atoms with Crippen LogP contribution in [0.15, 0.2) is 9.98 Å². The summed E-state index contributed by atoms with van der Waals surface area (Å²) in [4.78, 5) is 3.61. The van der Waals surface area contributed by atoms with Gasteiger partial charge in [0.2, 0.25) is 0 Å². The standard InChI is InChI=1S/C5H5BrF3N3O2S2/c6-3-1-10-4(15-3)12-16(13,14)11-2-5(7,8)9/h1,11H,2H2,(H,10,12). The van der Waals surface area contributed by atoms with Gasteiger partial charge in [0.05, 0.1) is 9.98 Å². The van der Waals surface area contributed by atoms with Crippen LogP contribution in [0.3, 0.4) is 0 Å². The number of hydrogen-bond donors (Lipinski definition) is 2. The quantitative estimate of drug-likeness (QED) is 0.877. The van der Waals surface area contributed by atoms with Crippen LogP contribution in [0.5, 0.6) is 0 Å². The fourth-order valence-corrected chi connectivity index (χ4v) is 2.79. The number of anilines is 1. The van der Waals surface area contributed by atoms with Crippen molar-refractivity contribution in [3.63, 3.8) is 0 Å². The van der Waals surface area contributed by atoms with Gasteiger partial charge in [-0.2, -0.15) is 26.3 Å². The molecule has 11 heteroatoms. The highest BCUT2D eigenvalue weighted by atomic mass is 79.9. The molecule has 0 spiro atoms. The van der Waals surface area contributed by atoms with Gasteiger partial charge in [-0.3, -0.25) is 0 Å². The largest absolute Gasteiger partial charge is 0.402 e. The zero-order valence-electron chi connectivity index (χ0n) is 7.38. The Balaban J connectivity index is 2.59. The highest BCUT2D eigenvalue weighted by molar-refractivity contribution is 9.11. The van der Waals surface area contributed by atoms with E-state index in [-0.39, 0.29) is 5.13 Å². The Morgan fingerprint density at radius 3 is 2.56 bits per heavy atom. The molecule has 0 saturated carbocycles. The topological polar surface area (TPSA) is 71.1 Å². The number of rotatable bonds is 4. The molecule has 0 amide bonds. The van der Waals surface area contributed by atoms with Crippen LogP contribution in [0.2, 0.25) is 0 Å². The second-order valence-electron chi connectivity index (χ2n) is 2.51. The van der Waals surface area contributed by atoms with Crippen LogP contribution in [0, 0.1) is 0 Å². The minimum Gasteiger partial charge on any atom is -0.246 e. The first-order valence-electron chi connectivity index (χ1n) is 3.63. The van der Waals surface area contributed by atoms with Gasteiger partial charge < -0.3 is 0 Å². The summed E-state index contributed by atoms with van der Waals surface area (Å²) >= 11 is 3.97. The molecule has 5 nitrogen and oxygen atoms in total. The molecule has 92 valence electrons. The summed E-state index contributed by atoms with van der Waals surface area (Å²) in [5, 5.41) is -0.0263. The second kappa shape index (κ2) is 4.85. The van der Waals surface area contributed by atoms with Crippen LogP contribution in [-0.2, 0) is 10.2 Å². The Kier molecular flexibility index (Phi) is 4.15. The number of thiazole rings is 1. The molecule has 1 rings (SSSR count). The lowest BCUT2D eigenvalue weighted by Crippen LogP contribution is -2.37. The SMILES string of the molecule is O=S(=O)(NCC(F)(F)F)Nc1ncc(Br)s1. The van der Waals surface area contributed by atoms with E-state index in [0.717, 1.165) is 11.3 Å². The number of aromatic nitrogens is 1. The zero-order chi connectivity index (χ0) is 12.4. The van der Waals surface area contributed by atoms with Crippen molar-refractivity contribution in [2.75, 3.05) is 11.3 Å². The van der Waals surface area contributed by atoms with E-state index >= 15 is 0 Å². The fourth-order valence-electron chi connectivity index (χ4n) is 0.629. The van der Waals surface area contributed by atoms with Gasteiger partial charge in [-0.15, -0.1) is 0 Å². The molecule has 0 radical (unpaired) electrons. The number of nitrogens with one attached hydrogen (secondary N) is 2.